The molecule has 0 aromatic heterocycles. The number of carbonyl (C=O) groups is 2. The highest BCUT2D eigenvalue weighted by Gasteiger charge is 2.44. The zero-order chi connectivity index (χ0) is 12.7. The lowest BCUT2D eigenvalue weighted by Gasteiger charge is -2.45. The maximum atomic E-state index is 11.5. The largest absolute Gasteiger partial charge is 0.379 e. The predicted octanol–water partition coefficient (Wildman–Crippen LogP) is -1.03. The molecule has 2 unspecified atom stereocenters. The predicted molar refractivity (Wildman–Crippen MR) is 61.4 cm³/mol. The summed E-state index contributed by atoms with van der Waals surface area (Å²) in [5.41, 5.74) is 1.21. The van der Waals surface area contributed by atoms with Crippen molar-refractivity contribution in [2.45, 2.75) is 12.2 Å². The molecule has 7 nitrogen and oxygen atoms in total. The second-order valence-corrected chi connectivity index (χ2v) is 7.42. The Kier molecular flexibility index (Phi) is 2.45. The van der Waals surface area contributed by atoms with Crippen LogP contribution in [0.5, 0.6) is 0 Å². The van der Waals surface area contributed by atoms with Crippen LogP contribution in [0.4, 0.5) is 0 Å². The van der Waals surface area contributed by atoms with E-state index in [-0.39, 0.29) is 0 Å². The maximum Gasteiger partial charge on any atom is 0.359 e. The highest BCUT2D eigenvalue weighted by Crippen LogP contribution is 2.60. The van der Waals surface area contributed by atoms with Gasteiger partial charge in [-0.3, -0.25) is 0 Å². The van der Waals surface area contributed by atoms with Gasteiger partial charge in [0.15, 0.2) is 12.2 Å². The summed E-state index contributed by atoms with van der Waals surface area (Å²) in [6, 6.07) is 0. The van der Waals surface area contributed by atoms with Crippen LogP contribution in [0.3, 0.4) is 0 Å². The van der Waals surface area contributed by atoms with Crippen molar-refractivity contribution in [1.82, 2.24) is 0 Å². The monoisotopic (exact) mass is 261 g/mol. The number of hydrogen-bond donors (Lipinski definition) is 2. The summed E-state index contributed by atoms with van der Waals surface area (Å²) in [4.78, 5) is 26.8. The molecule has 2 aliphatic heterocycles. The van der Waals surface area contributed by atoms with Crippen molar-refractivity contribution in [2.24, 2.45) is 4.99 Å². The lowest BCUT2D eigenvalue weighted by atomic mass is 10.2. The minimum atomic E-state index is -3.56. The molecule has 94 valence electrons. The van der Waals surface area contributed by atoms with Gasteiger partial charge in [0.2, 0.25) is 0 Å². The molecule has 2 aliphatic rings. The molecule has 2 atom stereocenters. The first kappa shape index (κ1) is 12.0. The third-order valence-corrected chi connectivity index (χ3v) is 4.88. The van der Waals surface area contributed by atoms with Gasteiger partial charge < -0.3 is 18.6 Å². The second-order valence-electron chi connectivity index (χ2n) is 3.82. The van der Waals surface area contributed by atoms with Gasteiger partial charge in [0.05, 0.1) is 0 Å². The van der Waals surface area contributed by atoms with Crippen LogP contribution < -0.4 is 0 Å². The minimum absolute atomic E-state index is 1.12. The molecule has 0 aliphatic carbocycles. The first-order chi connectivity index (χ1) is 7.84. The topological polar surface area (TPSA) is 105 Å². The molecule has 2 heterocycles. The summed E-state index contributed by atoms with van der Waals surface area (Å²) in [7, 11) is -3.56. The van der Waals surface area contributed by atoms with Crippen LogP contribution in [0, 0.1) is 0 Å². The summed E-state index contributed by atoms with van der Waals surface area (Å²) < 4.78 is 10.1. The molecule has 0 amide bonds. The van der Waals surface area contributed by atoms with E-state index in [0.29, 0.717) is 0 Å². The van der Waals surface area contributed by atoms with Crippen molar-refractivity contribution in [3.05, 3.63) is 11.5 Å². The SMILES string of the molecule is CS12(=CN=CC=C1)OC(=O)C(O)C(O)C(=O)O2. The molecule has 2 rings (SSSR count). The Morgan fingerprint density at radius 3 is 2.18 bits per heavy atom. The molecule has 1 saturated heterocycles. The van der Waals surface area contributed by atoms with Gasteiger partial charge in [0, 0.05) is 17.9 Å². The average molecular weight is 261 g/mol. The molecular formula is C9H11NO6S. The van der Waals surface area contributed by atoms with Crippen LogP contribution in [0.2, 0.25) is 0 Å². The van der Waals surface area contributed by atoms with Crippen LogP contribution >= 0.6 is 9.31 Å². The van der Waals surface area contributed by atoms with Crippen molar-refractivity contribution in [2.75, 3.05) is 6.26 Å². The van der Waals surface area contributed by atoms with Crippen LogP contribution in [-0.4, -0.2) is 52.3 Å². The highest BCUT2D eigenvalue weighted by molar-refractivity contribution is 8.42. The molecule has 2 N–H and O–H groups in total. The van der Waals surface area contributed by atoms with E-state index >= 15 is 0 Å². The van der Waals surface area contributed by atoms with Crippen LogP contribution in [0.25, 0.3) is 0 Å². The number of aliphatic hydroxyl groups excluding tert-OH is 2. The lowest BCUT2D eigenvalue weighted by molar-refractivity contribution is -0.156. The Balaban J connectivity index is 2.56. The molecule has 0 aromatic rings. The standard InChI is InChI=1S/C9H11NO6S/c1-17(4-2-3-10-5-17)15-8(13)6(11)7(12)9(14)16-17/h2-7,11-12H,1H3. The number of carbonyl (C=O) groups excluding carboxylic acids is 2. The Hall–Kier alpha value is -1.51. The van der Waals surface area contributed by atoms with E-state index in [9.17, 15) is 19.8 Å². The van der Waals surface area contributed by atoms with Gasteiger partial charge >= 0.3 is 11.9 Å². The third-order valence-electron chi connectivity index (χ3n) is 2.26. The van der Waals surface area contributed by atoms with Crippen LogP contribution in [-0.2, 0) is 18.0 Å². The lowest BCUT2D eigenvalue weighted by Crippen LogP contribution is -2.38. The van der Waals surface area contributed by atoms with E-state index < -0.39 is 33.5 Å². The van der Waals surface area contributed by atoms with Crippen molar-refractivity contribution in [3.8, 4) is 0 Å². The second kappa shape index (κ2) is 3.49. The molecule has 17 heavy (non-hydrogen) atoms. The number of rotatable bonds is 0. The van der Waals surface area contributed by atoms with Gasteiger partial charge in [0.25, 0.3) is 0 Å². The Morgan fingerprint density at radius 2 is 1.76 bits per heavy atom. The summed E-state index contributed by atoms with van der Waals surface area (Å²) in [6.45, 7) is 0. The average Bonchev–Trinajstić information content (AvgIpc) is 2.31. The number of allylic oxidation sites excluding steroid dienone is 1. The third kappa shape index (κ3) is 1.90. The highest BCUT2D eigenvalue weighted by atomic mass is 32.3. The zero-order valence-corrected chi connectivity index (χ0v) is 9.66. The molecule has 0 aromatic carbocycles. The molecule has 0 saturated carbocycles. The molecule has 1 spiro atoms. The van der Waals surface area contributed by atoms with Crippen molar-refractivity contribution in [1.29, 1.82) is 0 Å². The quantitative estimate of drug-likeness (QED) is 0.540. The molecule has 8 heteroatoms. The number of nitrogens with zero attached hydrogens (tertiary/aromatic N) is 1. The summed E-state index contributed by atoms with van der Waals surface area (Å²) in [5.74, 6) is -2.24. The van der Waals surface area contributed by atoms with Gasteiger partial charge in [0.1, 0.15) is 5.49 Å². The Bertz CT molecular complexity index is 494. The maximum absolute atomic E-state index is 11.5. The molecule has 0 bridgehead atoms. The van der Waals surface area contributed by atoms with Gasteiger partial charge in [-0.05, 0) is 6.08 Å². The first-order valence-electron chi connectivity index (χ1n) is 4.64. The normalized spacial score (nSPS) is 36.1. The number of aliphatic imine (C=N–C) groups is 1. The summed E-state index contributed by atoms with van der Waals surface area (Å²) in [6.07, 6.45) is 0.378. The molecule has 0 radical (unpaired) electrons. The van der Waals surface area contributed by atoms with E-state index in [1.807, 2.05) is 0 Å². The smallest absolute Gasteiger partial charge is 0.359 e. The van der Waals surface area contributed by atoms with E-state index in [2.05, 4.69) is 4.99 Å². The van der Waals surface area contributed by atoms with Gasteiger partial charge in [-0.15, -0.1) is 9.31 Å². The fourth-order valence-electron chi connectivity index (χ4n) is 1.38. The first-order valence-corrected chi connectivity index (χ1v) is 7.07. The zero-order valence-electron chi connectivity index (χ0n) is 8.85. The Morgan fingerprint density at radius 1 is 1.24 bits per heavy atom. The number of aliphatic hydroxyl groups is 2. The molecule has 1 fully saturated rings. The van der Waals surface area contributed by atoms with Gasteiger partial charge in [-0.2, -0.15) is 0 Å². The minimum Gasteiger partial charge on any atom is -0.379 e. The fourth-order valence-corrected chi connectivity index (χ4v) is 3.53. The summed E-state index contributed by atoms with van der Waals surface area (Å²) >= 11 is 0. The van der Waals surface area contributed by atoms with Crippen molar-refractivity contribution >= 4 is 33.0 Å². The van der Waals surface area contributed by atoms with E-state index in [1.165, 1.54) is 29.4 Å². The van der Waals surface area contributed by atoms with Gasteiger partial charge in [-0.1, -0.05) is 0 Å². The Labute approximate surface area is 96.6 Å². The van der Waals surface area contributed by atoms with Crippen LogP contribution in [0.1, 0.15) is 0 Å². The van der Waals surface area contributed by atoms with E-state index in [0.717, 1.165) is 0 Å². The fraction of sp³-hybridized carbons (Fsp3) is 0.333. The molecular weight excluding hydrogens is 250 g/mol. The van der Waals surface area contributed by atoms with Crippen molar-refractivity contribution in [3.63, 3.8) is 0 Å². The van der Waals surface area contributed by atoms with Gasteiger partial charge in [-0.25, -0.2) is 14.6 Å². The van der Waals surface area contributed by atoms with E-state index in [4.69, 9.17) is 8.37 Å². The van der Waals surface area contributed by atoms with Crippen LogP contribution in [0.15, 0.2) is 16.5 Å². The number of hydrogen-bond acceptors (Lipinski definition) is 7. The van der Waals surface area contributed by atoms with E-state index in [1.54, 1.807) is 0 Å². The van der Waals surface area contributed by atoms with Crippen molar-refractivity contribution < 1.29 is 28.2 Å². The summed E-state index contributed by atoms with van der Waals surface area (Å²) in [5, 5.41) is 20.1.